The quantitative estimate of drug-likeness (QED) is 0.442. The van der Waals surface area contributed by atoms with Crippen LogP contribution in [0, 0.1) is 40.9 Å². The van der Waals surface area contributed by atoms with Crippen molar-refractivity contribution in [3.05, 3.63) is 0 Å². The fraction of sp³-hybridized carbons (Fsp3) is 1.00. The Morgan fingerprint density at radius 1 is 0.839 bits per heavy atom. The Balaban J connectivity index is 1.13. The van der Waals surface area contributed by atoms with Gasteiger partial charge in [0.25, 0.3) is 0 Å². The summed E-state index contributed by atoms with van der Waals surface area (Å²) in [6.45, 7) is 6.52. The van der Waals surface area contributed by atoms with E-state index in [4.69, 9.17) is 0 Å². The molecule has 1 aliphatic heterocycles. The Labute approximate surface area is 192 Å². The van der Waals surface area contributed by atoms with Crippen LogP contribution in [0.3, 0.4) is 0 Å². The van der Waals surface area contributed by atoms with Gasteiger partial charge in [-0.1, -0.05) is 26.2 Å². The highest BCUT2D eigenvalue weighted by Gasteiger charge is 2.70. The molecule has 0 aromatic carbocycles. The monoisotopic (exact) mass is 426 g/mol. The van der Waals surface area contributed by atoms with E-state index in [2.05, 4.69) is 23.8 Å². The molecule has 5 aliphatic carbocycles. The molecule has 0 radical (unpaired) electrons. The van der Waals surface area contributed by atoms with Gasteiger partial charge in [0.05, 0.1) is 0 Å². The Morgan fingerprint density at radius 3 is 2.52 bits per heavy atom. The standard InChI is InChI=1S/C29H50N2/c1-3-4-6-15-30(2)28-19-26-24-12-10-21-9-11-22(31-16-7-5-8-17-31)18-25(21)23(24)13-14-29(26)20-27(28)29/h21-28H,3-20H2,1-2H3. The summed E-state index contributed by atoms with van der Waals surface area (Å²) in [7, 11) is 2.47. The van der Waals surface area contributed by atoms with E-state index in [1.54, 1.807) is 51.4 Å². The van der Waals surface area contributed by atoms with Crippen LogP contribution < -0.4 is 0 Å². The van der Waals surface area contributed by atoms with Crippen molar-refractivity contribution in [1.29, 1.82) is 0 Å². The van der Waals surface area contributed by atoms with Gasteiger partial charge in [0, 0.05) is 12.1 Å². The van der Waals surface area contributed by atoms with Crippen molar-refractivity contribution >= 4 is 0 Å². The molecule has 2 heteroatoms. The minimum atomic E-state index is 0.818. The smallest absolute Gasteiger partial charge is 0.0129 e. The van der Waals surface area contributed by atoms with Crippen LogP contribution >= 0.6 is 0 Å². The fourth-order valence-corrected chi connectivity index (χ4v) is 10.3. The summed E-state index contributed by atoms with van der Waals surface area (Å²) in [4.78, 5) is 5.75. The van der Waals surface area contributed by atoms with Crippen molar-refractivity contribution in [2.75, 3.05) is 26.7 Å². The molecule has 0 aromatic rings. The lowest BCUT2D eigenvalue weighted by Crippen LogP contribution is -2.50. The summed E-state index contributed by atoms with van der Waals surface area (Å²) in [6, 6.07) is 1.89. The summed E-state index contributed by atoms with van der Waals surface area (Å²) < 4.78 is 0. The predicted molar refractivity (Wildman–Crippen MR) is 130 cm³/mol. The number of fused-ring (bicyclic) bond motifs is 4. The Hall–Kier alpha value is -0.0800. The number of nitrogens with zero attached hydrogens (tertiary/aromatic N) is 2. The molecule has 1 heterocycles. The molecule has 0 N–H and O–H groups in total. The van der Waals surface area contributed by atoms with E-state index in [9.17, 15) is 0 Å². The topological polar surface area (TPSA) is 6.48 Å². The molecule has 2 nitrogen and oxygen atoms in total. The summed E-state index contributed by atoms with van der Waals surface area (Å²) in [5.74, 6) is 6.58. The number of hydrogen-bond donors (Lipinski definition) is 0. The molecule has 6 aliphatic rings. The molecule has 1 saturated heterocycles. The molecule has 176 valence electrons. The lowest BCUT2D eigenvalue weighted by atomic mass is 9.52. The Kier molecular flexibility index (Phi) is 5.96. The van der Waals surface area contributed by atoms with Crippen LogP contribution in [-0.2, 0) is 0 Å². The molecule has 9 atom stereocenters. The number of piperidine rings is 1. The highest BCUT2D eigenvalue weighted by Crippen LogP contribution is 2.76. The van der Waals surface area contributed by atoms with E-state index in [1.165, 1.54) is 64.6 Å². The maximum atomic E-state index is 2.93. The van der Waals surface area contributed by atoms with Crippen molar-refractivity contribution in [2.45, 2.75) is 115 Å². The number of rotatable bonds is 6. The molecular formula is C29H50N2. The van der Waals surface area contributed by atoms with Crippen LogP contribution in [0.4, 0.5) is 0 Å². The normalized spacial score (nSPS) is 49.3. The van der Waals surface area contributed by atoms with Crippen LogP contribution in [-0.4, -0.2) is 48.6 Å². The molecular weight excluding hydrogens is 376 g/mol. The van der Waals surface area contributed by atoms with Gasteiger partial charge in [0.1, 0.15) is 0 Å². The van der Waals surface area contributed by atoms with Crippen LogP contribution in [0.2, 0.25) is 0 Å². The summed E-state index contributed by atoms with van der Waals surface area (Å²) in [5, 5.41) is 0. The van der Waals surface area contributed by atoms with Gasteiger partial charge in [-0.25, -0.2) is 0 Å². The van der Waals surface area contributed by atoms with E-state index in [1.807, 2.05) is 0 Å². The summed E-state index contributed by atoms with van der Waals surface area (Å²) >= 11 is 0. The van der Waals surface area contributed by atoms with Crippen LogP contribution in [0.15, 0.2) is 0 Å². The molecule has 0 bridgehead atoms. The second kappa shape index (κ2) is 8.61. The van der Waals surface area contributed by atoms with Crippen molar-refractivity contribution in [3.63, 3.8) is 0 Å². The minimum Gasteiger partial charge on any atom is -0.303 e. The third kappa shape index (κ3) is 3.65. The first-order chi connectivity index (χ1) is 15.2. The van der Waals surface area contributed by atoms with Gasteiger partial charge < -0.3 is 9.80 Å². The zero-order valence-electron chi connectivity index (χ0n) is 20.7. The molecule has 31 heavy (non-hydrogen) atoms. The van der Waals surface area contributed by atoms with Gasteiger partial charge in [0.15, 0.2) is 0 Å². The first-order valence-electron chi connectivity index (χ1n) is 14.7. The number of hydrogen-bond acceptors (Lipinski definition) is 2. The fourth-order valence-electron chi connectivity index (χ4n) is 10.3. The molecule has 0 aromatic heterocycles. The average Bonchev–Trinajstić information content (AvgIpc) is 3.43. The third-order valence-electron chi connectivity index (χ3n) is 11.9. The SMILES string of the molecule is CCCCCN(C)C1CC2C3CCC4CCC(N5CCCCC5)CC4C3CCC23CC13. The second-order valence-corrected chi connectivity index (χ2v) is 13.1. The van der Waals surface area contributed by atoms with Gasteiger partial charge in [-0.05, 0) is 145 Å². The zero-order chi connectivity index (χ0) is 21.0. The van der Waals surface area contributed by atoms with E-state index >= 15 is 0 Å². The third-order valence-corrected chi connectivity index (χ3v) is 11.9. The van der Waals surface area contributed by atoms with Gasteiger partial charge in [-0.15, -0.1) is 0 Å². The summed E-state index contributed by atoms with van der Waals surface area (Å²) in [6.07, 6.45) is 22.9. The largest absolute Gasteiger partial charge is 0.303 e. The lowest BCUT2D eigenvalue weighted by Gasteiger charge is -2.55. The molecule has 5 saturated carbocycles. The van der Waals surface area contributed by atoms with Gasteiger partial charge in [-0.2, -0.15) is 0 Å². The van der Waals surface area contributed by atoms with E-state index in [0.717, 1.165) is 53.0 Å². The van der Waals surface area contributed by atoms with E-state index < -0.39 is 0 Å². The first kappa shape index (κ1) is 21.5. The first-order valence-corrected chi connectivity index (χ1v) is 14.7. The summed E-state index contributed by atoms with van der Waals surface area (Å²) in [5.41, 5.74) is 0.818. The van der Waals surface area contributed by atoms with Crippen molar-refractivity contribution in [2.24, 2.45) is 40.9 Å². The lowest BCUT2D eigenvalue weighted by molar-refractivity contribution is -0.0509. The zero-order valence-corrected chi connectivity index (χ0v) is 20.7. The number of likely N-dealkylation sites (tertiary alicyclic amines) is 1. The van der Waals surface area contributed by atoms with Crippen LogP contribution in [0.1, 0.15) is 103 Å². The highest BCUT2D eigenvalue weighted by atomic mass is 15.2. The average molecular weight is 427 g/mol. The molecule has 1 spiro atoms. The van der Waals surface area contributed by atoms with Gasteiger partial charge >= 0.3 is 0 Å². The Bertz CT molecular complexity index is 626. The van der Waals surface area contributed by atoms with Crippen molar-refractivity contribution < 1.29 is 0 Å². The van der Waals surface area contributed by atoms with Gasteiger partial charge in [0.2, 0.25) is 0 Å². The maximum absolute atomic E-state index is 2.93. The van der Waals surface area contributed by atoms with Gasteiger partial charge in [-0.3, -0.25) is 0 Å². The molecule has 9 unspecified atom stereocenters. The predicted octanol–water partition coefficient (Wildman–Crippen LogP) is 6.59. The van der Waals surface area contributed by atoms with Crippen LogP contribution in [0.25, 0.3) is 0 Å². The molecule has 0 amide bonds. The maximum Gasteiger partial charge on any atom is 0.0129 e. The van der Waals surface area contributed by atoms with Crippen LogP contribution in [0.5, 0.6) is 0 Å². The molecule has 6 rings (SSSR count). The highest BCUT2D eigenvalue weighted by molar-refractivity contribution is 5.21. The van der Waals surface area contributed by atoms with E-state index in [-0.39, 0.29) is 0 Å². The second-order valence-electron chi connectivity index (χ2n) is 13.1. The number of unbranched alkanes of at least 4 members (excludes halogenated alkanes) is 2. The van der Waals surface area contributed by atoms with Crippen molar-refractivity contribution in [3.8, 4) is 0 Å². The minimum absolute atomic E-state index is 0.818. The molecule has 6 fully saturated rings. The van der Waals surface area contributed by atoms with Crippen molar-refractivity contribution in [1.82, 2.24) is 9.80 Å². The van der Waals surface area contributed by atoms with E-state index in [0.29, 0.717) is 0 Å². The Morgan fingerprint density at radius 2 is 1.68 bits per heavy atom.